The fourth-order valence-corrected chi connectivity index (χ4v) is 12.8. The number of imide groups is 2. The lowest BCUT2D eigenvalue weighted by Crippen LogP contribution is -2.36. The SMILES string of the molecule is CC(C)c1cccc(C(C)C)c1-c1c2c3c(c(-c4c(C(C)C)cccc4C(C)C)c(Oc4cccc(F)c4F)c4c5c(Oc6cccc(F)c6F)cc6c7c(cc(Oc8cccc(F)c8F)c(c(c1Oc1cccc(F)c1F)c34)c75)C(=O)NC6=O)C(=O)NC2=O. The van der Waals surface area contributed by atoms with Gasteiger partial charge in [0.05, 0.1) is 22.3 Å². The zero-order valence-electron chi connectivity index (χ0n) is 49.1. The third-order valence-electron chi connectivity index (χ3n) is 16.7. The van der Waals surface area contributed by atoms with Crippen molar-refractivity contribution in [2.45, 2.75) is 79.1 Å². The molecule has 2 aliphatic rings. The van der Waals surface area contributed by atoms with Gasteiger partial charge in [0.25, 0.3) is 23.6 Å². The minimum Gasteiger partial charge on any atom is -0.453 e. The van der Waals surface area contributed by atoms with Crippen molar-refractivity contribution in [2.75, 3.05) is 0 Å². The summed E-state index contributed by atoms with van der Waals surface area (Å²) < 4.78 is 157. The molecule has 0 atom stereocenters. The van der Waals surface area contributed by atoms with Crippen LogP contribution in [0.25, 0.3) is 65.3 Å². The molecule has 0 saturated carbocycles. The molecule has 0 aliphatic carbocycles. The molecule has 18 heteroatoms. The number of carbonyl (C=O) groups is 4. The molecule has 13 rings (SSSR count). The number of ether oxygens (including phenoxy) is 4. The van der Waals surface area contributed by atoms with E-state index >= 15 is 44.7 Å². The number of amides is 4. The van der Waals surface area contributed by atoms with Gasteiger partial charge in [-0.3, -0.25) is 29.8 Å². The standard InChI is InChI=1S/C72H50F8N2O8/c1-29(2)33-15-9-16-34(30(3)4)49(33)57-61-56-55-59(67(57)89-45-25-13-21-41(75)65(45)79)52-47(87-43-23-11-19-39(73)63(43)77)27-37-51-38(70(84)81-69(37)83)28-48(88-44-24-12-20-40(74)64(44)78)53(54(51)52)60(55)68(90-46-26-14-22-42(76)66(46)80)58(62(56)72(86)82-71(61)85)50-35(31(5)6)17-10-18-36(50)32(7)8/h9-32H,1-8H3,(H,81,83,84)(H,82,85,86). The fraction of sp³-hybridized carbons (Fsp3) is 0.167. The van der Waals surface area contributed by atoms with Crippen molar-refractivity contribution >= 4 is 66.7 Å². The van der Waals surface area contributed by atoms with Crippen LogP contribution in [0, 0.1) is 46.5 Å². The Morgan fingerprint density at radius 1 is 0.289 bits per heavy atom. The van der Waals surface area contributed by atoms with Crippen LogP contribution in [-0.4, -0.2) is 23.6 Å². The largest absolute Gasteiger partial charge is 0.453 e. The summed E-state index contributed by atoms with van der Waals surface area (Å²) in [4.78, 5) is 61.5. The van der Waals surface area contributed by atoms with Gasteiger partial charge in [-0.05, 0) is 118 Å². The van der Waals surface area contributed by atoms with E-state index in [0.717, 1.165) is 84.9 Å². The first kappa shape index (κ1) is 58.6. The predicted octanol–water partition coefficient (Wildman–Crippen LogP) is 19.6. The van der Waals surface area contributed by atoms with Crippen molar-refractivity contribution in [3.63, 3.8) is 0 Å². The van der Waals surface area contributed by atoms with Gasteiger partial charge in [0.1, 0.15) is 23.0 Å². The molecule has 0 bridgehead atoms. The summed E-state index contributed by atoms with van der Waals surface area (Å²) in [6.45, 7) is 14.9. The van der Waals surface area contributed by atoms with Gasteiger partial charge in [-0.1, -0.05) is 116 Å². The van der Waals surface area contributed by atoms with Crippen LogP contribution in [0.1, 0.15) is 143 Å². The fourth-order valence-electron chi connectivity index (χ4n) is 12.8. The molecule has 11 aromatic carbocycles. The predicted molar refractivity (Wildman–Crippen MR) is 324 cm³/mol. The molecular formula is C72H50F8N2O8. The first-order chi connectivity index (χ1) is 43.0. The maximum Gasteiger partial charge on any atom is 0.259 e. The number of benzene rings is 11. The third-order valence-corrected chi connectivity index (χ3v) is 16.7. The smallest absolute Gasteiger partial charge is 0.259 e. The minimum atomic E-state index is -1.54. The van der Waals surface area contributed by atoms with Crippen LogP contribution in [-0.2, 0) is 0 Å². The normalized spacial score (nSPS) is 13.1. The first-order valence-electron chi connectivity index (χ1n) is 28.9. The Morgan fingerprint density at radius 2 is 0.578 bits per heavy atom. The molecule has 452 valence electrons. The summed E-state index contributed by atoms with van der Waals surface area (Å²) >= 11 is 0. The van der Waals surface area contributed by atoms with Crippen molar-refractivity contribution in [1.29, 1.82) is 0 Å². The van der Waals surface area contributed by atoms with Gasteiger partial charge in [-0.2, -0.15) is 17.6 Å². The third kappa shape index (κ3) is 8.96. The van der Waals surface area contributed by atoms with Gasteiger partial charge in [0.2, 0.25) is 23.3 Å². The van der Waals surface area contributed by atoms with Crippen molar-refractivity contribution in [1.82, 2.24) is 10.6 Å². The van der Waals surface area contributed by atoms with E-state index in [9.17, 15) is 9.59 Å². The van der Waals surface area contributed by atoms with Gasteiger partial charge in [-0.25, -0.2) is 17.6 Å². The molecule has 0 saturated heterocycles. The average Bonchev–Trinajstić information content (AvgIpc) is 0.665. The van der Waals surface area contributed by atoms with Crippen molar-refractivity contribution in [3.05, 3.63) is 212 Å². The van der Waals surface area contributed by atoms with Crippen LogP contribution in [0.15, 0.2) is 121 Å². The van der Waals surface area contributed by atoms with Crippen molar-refractivity contribution < 1.29 is 73.2 Å². The van der Waals surface area contributed by atoms with Crippen LogP contribution in [0.2, 0.25) is 0 Å². The molecule has 0 fully saturated rings. The van der Waals surface area contributed by atoms with Crippen LogP contribution in [0.4, 0.5) is 35.1 Å². The van der Waals surface area contributed by atoms with E-state index in [4.69, 9.17) is 18.9 Å². The maximum absolute atomic E-state index is 17.0. The number of rotatable bonds is 14. The van der Waals surface area contributed by atoms with Gasteiger partial charge < -0.3 is 18.9 Å². The first-order valence-corrected chi connectivity index (χ1v) is 28.9. The lowest BCUT2D eigenvalue weighted by molar-refractivity contribution is 0.0828. The Morgan fingerprint density at radius 3 is 0.900 bits per heavy atom. The Balaban J connectivity index is 1.47. The summed E-state index contributed by atoms with van der Waals surface area (Å²) in [6.07, 6.45) is 0. The van der Waals surface area contributed by atoms with Gasteiger partial charge in [0, 0.05) is 54.2 Å². The molecule has 10 nitrogen and oxygen atoms in total. The number of fused-ring (bicyclic) bond motifs is 2. The Labute approximate surface area is 508 Å². The molecule has 2 N–H and O–H groups in total. The number of halogens is 8. The van der Waals surface area contributed by atoms with Crippen molar-refractivity contribution in [3.8, 4) is 68.2 Å². The van der Waals surface area contributed by atoms with E-state index < -0.39 is 140 Å². The zero-order chi connectivity index (χ0) is 63.8. The van der Waals surface area contributed by atoms with Gasteiger partial charge >= 0.3 is 0 Å². The molecule has 0 spiro atoms. The highest BCUT2D eigenvalue weighted by Crippen LogP contribution is 2.63. The topological polar surface area (TPSA) is 129 Å². The number of hydrogen-bond acceptors (Lipinski definition) is 8. The minimum absolute atomic E-state index is 0.151. The van der Waals surface area contributed by atoms with E-state index in [-0.39, 0.29) is 76.5 Å². The van der Waals surface area contributed by atoms with E-state index in [1.165, 1.54) is 0 Å². The van der Waals surface area contributed by atoms with Crippen LogP contribution in [0.5, 0.6) is 46.0 Å². The summed E-state index contributed by atoms with van der Waals surface area (Å²) in [6, 6.07) is 25.0. The van der Waals surface area contributed by atoms with E-state index in [0.29, 0.717) is 33.4 Å². The number of hydrogen-bond donors (Lipinski definition) is 2. The molecule has 2 heterocycles. The molecule has 2 aliphatic heterocycles. The molecule has 4 amide bonds. The molecular weight excluding hydrogens is 1170 g/mol. The number of carbonyl (C=O) groups excluding carboxylic acids is 4. The van der Waals surface area contributed by atoms with Crippen LogP contribution < -0.4 is 29.6 Å². The highest BCUT2D eigenvalue weighted by atomic mass is 19.2. The van der Waals surface area contributed by atoms with Crippen LogP contribution in [0.3, 0.4) is 0 Å². The lowest BCUT2D eigenvalue weighted by atomic mass is 9.73. The van der Waals surface area contributed by atoms with E-state index in [1.807, 2.05) is 55.4 Å². The zero-order valence-corrected chi connectivity index (χ0v) is 49.1. The van der Waals surface area contributed by atoms with Crippen molar-refractivity contribution in [2.24, 2.45) is 0 Å². The molecule has 0 aromatic heterocycles. The number of nitrogens with one attached hydrogen (secondary N) is 2. The van der Waals surface area contributed by atoms with Gasteiger partial charge in [0.15, 0.2) is 46.3 Å². The summed E-state index contributed by atoms with van der Waals surface area (Å²) in [5.41, 5.74) is 1.08. The van der Waals surface area contributed by atoms with Gasteiger partial charge in [-0.15, -0.1) is 0 Å². The Kier molecular flexibility index (Phi) is 14.2. The molecule has 11 aromatic rings. The quantitative estimate of drug-likeness (QED) is 0.0477. The second-order valence-electron chi connectivity index (χ2n) is 23.4. The second-order valence-corrected chi connectivity index (χ2v) is 23.4. The monoisotopic (exact) mass is 1220 g/mol. The molecule has 0 unspecified atom stereocenters. The highest BCUT2D eigenvalue weighted by molar-refractivity contribution is 6.47. The van der Waals surface area contributed by atoms with E-state index in [2.05, 4.69) is 10.6 Å². The molecule has 0 radical (unpaired) electrons. The summed E-state index contributed by atoms with van der Waals surface area (Å²) in [7, 11) is 0. The summed E-state index contributed by atoms with van der Waals surface area (Å²) in [5, 5.41) is 2.32. The maximum atomic E-state index is 17.0. The highest BCUT2D eigenvalue weighted by Gasteiger charge is 2.44. The lowest BCUT2D eigenvalue weighted by Gasteiger charge is -2.33. The Hall–Kier alpha value is -10.4. The van der Waals surface area contributed by atoms with E-state index in [1.54, 1.807) is 36.4 Å². The molecule has 90 heavy (non-hydrogen) atoms. The summed E-state index contributed by atoms with van der Waals surface area (Å²) in [5.74, 6) is -23.0. The average molecular weight is 1220 g/mol. The van der Waals surface area contributed by atoms with Crippen LogP contribution >= 0.6 is 0 Å². The Bertz CT molecular complexity index is 4650. The second kappa shape index (κ2) is 21.7.